The van der Waals surface area contributed by atoms with Crippen LogP contribution in [0.4, 0.5) is 0 Å². The van der Waals surface area contributed by atoms with E-state index in [9.17, 15) is 4.55 Å². The molecule has 0 bridgehead atoms. The van der Waals surface area contributed by atoms with Crippen LogP contribution in [0, 0.1) is 6.92 Å². The van der Waals surface area contributed by atoms with E-state index in [1.807, 2.05) is 39.8 Å². The third kappa shape index (κ3) is 4.16. The van der Waals surface area contributed by atoms with Crippen LogP contribution in [-0.2, 0) is 11.4 Å². The normalized spacial score (nSPS) is 14.4. The summed E-state index contributed by atoms with van der Waals surface area (Å²) < 4.78 is 15.4. The van der Waals surface area contributed by atoms with Crippen LogP contribution in [0.1, 0.15) is 31.9 Å². The Morgan fingerprint density at radius 3 is 2.44 bits per heavy atom. The zero-order valence-corrected chi connectivity index (χ0v) is 11.5. The topological polar surface area (TPSA) is 35.4 Å². The highest BCUT2D eigenvalue weighted by atomic mass is 35.5. The summed E-state index contributed by atoms with van der Waals surface area (Å²) in [6, 6.07) is 5.63. The van der Waals surface area contributed by atoms with Gasteiger partial charge in [-0.3, -0.25) is 0 Å². The van der Waals surface area contributed by atoms with Crippen molar-refractivity contribution in [3.8, 4) is 0 Å². The average Bonchev–Trinajstić information content (AvgIpc) is 2.11. The number of nitrogens with zero attached hydrogens (tertiary/aromatic N) is 1. The van der Waals surface area contributed by atoms with Crippen LogP contribution in [0.3, 0.4) is 0 Å². The van der Waals surface area contributed by atoms with Gasteiger partial charge < -0.3 is 4.55 Å². The van der Waals surface area contributed by atoms with Crippen LogP contribution in [0.2, 0.25) is 5.02 Å². The molecule has 1 rings (SSSR count). The van der Waals surface area contributed by atoms with Gasteiger partial charge in [-0.25, -0.2) is 0 Å². The predicted molar refractivity (Wildman–Crippen MR) is 71.7 cm³/mol. The van der Waals surface area contributed by atoms with Crippen molar-refractivity contribution in [3.63, 3.8) is 0 Å². The molecule has 1 atom stereocenters. The maximum absolute atomic E-state index is 11.7. The second kappa shape index (κ2) is 5.21. The van der Waals surface area contributed by atoms with Crippen LogP contribution in [0.5, 0.6) is 0 Å². The highest BCUT2D eigenvalue weighted by Gasteiger charge is 2.25. The van der Waals surface area contributed by atoms with Gasteiger partial charge in [-0.2, -0.15) is 0 Å². The Labute approximate surface area is 105 Å². The summed E-state index contributed by atoms with van der Waals surface area (Å²) in [5, 5.41) is 0.669. The van der Waals surface area contributed by atoms with Crippen molar-refractivity contribution in [2.75, 3.05) is 0 Å². The van der Waals surface area contributed by atoms with Crippen LogP contribution in [0.25, 0.3) is 0 Å². The summed E-state index contributed by atoms with van der Waals surface area (Å²) in [6.45, 7) is 7.64. The Morgan fingerprint density at radius 1 is 1.31 bits per heavy atom. The van der Waals surface area contributed by atoms with Crippen molar-refractivity contribution in [1.82, 2.24) is 0 Å². The number of rotatable bonds is 2. The molecule has 0 saturated heterocycles. The molecule has 0 saturated carbocycles. The molecule has 1 aromatic carbocycles. The lowest BCUT2D eigenvalue weighted by Gasteiger charge is -2.17. The van der Waals surface area contributed by atoms with E-state index in [2.05, 4.69) is 4.40 Å². The number of aryl methyl sites for hydroxylation is 1. The Kier molecular flexibility index (Phi) is 4.42. The van der Waals surface area contributed by atoms with Gasteiger partial charge in [0.25, 0.3) is 0 Å². The van der Waals surface area contributed by atoms with E-state index < -0.39 is 11.4 Å². The Balaban J connectivity index is 2.84. The van der Waals surface area contributed by atoms with Gasteiger partial charge >= 0.3 is 0 Å². The molecule has 0 radical (unpaired) electrons. The highest BCUT2D eigenvalue weighted by Crippen LogP contribution is 2.18. The van der Waals surface area contributed by atoms with Crippen molar-refractivity contribution in [2.45, 2.75) is 32.4 Å². The van der Waals surface area contributed by atoms with Crippen LogP contribution in [0.15, 0.2) is 22.6 Å². The van der Waals surface area contributed by atoms with Crippen LogP contribution < -0.4 is 0 Å². The van der Waals surface area contributed by atoms with E-state index in [4.69, 9.17) is 11.6 Å². The van der Waals surface area contributed by atoms with Crippen molar-refractivity contribution >= 4 is 29.2 Å². The second-order valence-electron chi connectivity index (χ2n) is 4.66. The van der Waals surface area contributed by atoms with Gasteiger partial charge in [0, 0.05) is 5.02 Å². The largest absolute Gasteiger partial charge is 0.591 e. The van der Waals surface area contributed by atoms with Crippen molar-refractivity contribution < 1.29 is 4.55 Å². The minimum atomic E-state index is -1.22. The first kappa shape index (κ1) is 13.6. The van der Waals surface area contributed by atoms with E-state index in [1.54, 1.807) is 12.3 Å². The minimum absolute atomic E-state index is 0.329. The van der Waals surface area contributed by atoms with Gasteiger partial charge in [-0.05, 0) is 51.0 Å². The smallest absolute Gasteiger partial charge is 0.144 e. The molecular formula is C12H16ClNOS. The molecular weight excluding hydrogens is 242 g/mol. The second-order valence-corrected chi connectivity index (χ2v) is 7.03. The van der Waals surface area contributed by atoms with E-state index in [0.29, 0.717) is 5.02 Å². The first-order valence-electron chi connectivity index (χ1n) is 5.02. The molecule has 0 N–H and O–H groups in total. The molecule has 0 spiro atoms. The fourth-order valence-electron chi connectivity index (χ4n) is 1.11. The quantitative estimate of drug-likeness (QED) is 0.590. The van der Waals surface area contributed by atoms with Gasteiger partial charge in [-0.1, -0.05) is 22.1 Å². The number of hydrogen-bond donors (Lipinski definition) is 0. The third-order valence-electron chi connectivity index (χ3n) is 1.89. The van der Waals surface area contributed by atoms with Gasteiger partial charge in [-0.15, -0.1) is 0 Å². The molecule has 0 aliphatic heterocycles. The van der Waals surface area contributed by atoms with E-state index in [-0.39, 0.29) is 4.75 Å². The maximum Gasteiger partial charge on any atom is 0.144 e. The molecule has 0 heterocycles. The highest BCUT2D eigenvalue weighted by molar-refractivity contribution is 7.91. The summed E-state index contributed by atoms with van der Waals surface area (Å²) in [7, 11) is 0. The lowest BCUT2D eigenvalue weighted by molar-refractivity contribution is 0.562. The average molecular weight is 258 g/mol. The molecule has 1 aromatic rings. The Bertz CT molecular complexity index is 378. The lowest BCUT2D eigenvalue weighted by atomic mass is 10.1. The molecule has 0 fully saturated rings. The predicted octanol–water partition coefficient (Wildman–Crippen LogP) is 3.53. The summed E-state index contributed by atoms with van der Waals surface area (Å²) in [4.78, 5) is 0. The molecule has 4 heteroatoms. The zero-order chi connectivity index (χ0) is 12.3. The van der Waals surface area contributed by atoms with Crippen molar-refractivity contribution in [1.29, 1.82) is 0 Å². The molecule has 0 aromatic heterocycles. The van der Waals surface area contributed by atoms with E-state index >= 15 is 0 Å². The monoisotopic (exact) mass is 257 g/mol. The molecule has 1 unspecified atom stereocenters. The maximum atomic E-state index is 11.7. The first-order chi connectivity index (χ1) is 7.29. The number of benzene rings is 1. The minimum Gasteiger partial charge on any atom is -0.591 e. The molecule has 2 nitrogen and oxygen atoms in total. The zero-order valence-electron chi connectivity index (χ0n) is 9.95. The third-order valence-corrected chi connectivity index (χ3v) is 3.45. The molecule has 88 valence electrons. The van der Waals surface area contributed by atoms with Crippen LogP contribution in [-0.4, -0.2) is 15.5 Å². The molecule has 16 heavy (non-hydrogen) atoms. The Morgan fingerprint density at radius 2 is 1.94 bits per heavy atom. The van der Waals surface area contributed by atoms with E-state index in [1.165, 1.54) is 0 Å². The summed E-state index contributed by atoms with van der Waals surface area (Å²) >= 11 is 4.69. The van der Waals surface area contributed by atoms with Gasteiger partial charge in [0.15, 0.2) is 0 Å². The summed E-state index contributed by atoms with van der Waals surface area (Å²) in [5.74, 6) is 0. The Hall–Kier alpha value is -0.510. The van der Waals surface area contributed by atoms with E-state index in [0.717, 1.165) is 11.1 Å². The standard InChI is InChI=1S/C12H16ClNOS/c1-9-5-10(7-11(13)6-9)8-14-16(15)12(2,3)4/h5-8H,1-4H3. The number of halogens is 1. The van der Waals surface area contributed by atoms with Crippen molar-refractivity contribution in [2.24, 2.45) is 4.40 Å². The molecule has 0 amide bonds. The van der Waals surface area contributed by atoms with Crippen LogP contribution >= 0.6 is 11.6 Å². The van der Waals surface area contributed by atoms with Gasteiger partial charge in [0.1, 0.15) is 16.1 Å². The van der Waals surface area contributed by atoms with Crippen molar-refractivity contribution in [3.05, 3.63) is 34.3 Å². The summed E-state index contributed by atoms with van der Waals surface area (Å²) in [5.41, 5.74) is 1.94. The van der Waals surface area contributed by atoms with Gasteiger partial charge in [0.2, 0.25) is 0 Å². The first-order valence-corrected chi connectivity index (χ1v) is 6.51. The lowest BCUT2D eigenvalue weighted by Crippen LogP contribution is -2.25. The summed E-state index contributed by atoms with van der Waals surface area (Å²) in [6.07, 6.45) is 1.61. The number of hydrogen-bond acceptors (Lipinski definition) is 2. The SMILES string of the molecule is Cc1cc(Cl)cc(C=N[S+]([O-])C(C)(C)C)c1. The molecule has 0 aliphatic rings. The fraction of sp³-hybridized carbons (Fsp3) is 0.417. The fourth-order valence-corrected chi connectivity index (χ4v) is 1.94. The molecule has 0 aliphatic carbocycles. The van der Waals surface area contributed by atoms with Gasteiger partial charge in [0.05, 0.1) is 6.21 Å².